The van der Waals surface area contributed by atoms with Gasteiger partial charge < -0.3 is 5.73 Å². The zero-order valence-electron chi connectivity index (χ0n) is 12.7. The van der Waals surface area contributed by atoms with Gasteiger partial charge in [0.1, 0.15) is 10.7 Å². The Morgan fingerprint density at radius 1 is 1.28 bits per heavy atom. The van der Waals surface area contributed by atoms with E-state index in [1.807, 2.05) is 12.1 Å². The molecule has 0 bridgehead atoms. The molecule has 9 heteroatoms. The molecule has 0 aliphatic carbocycles. The van der Waals surface area contributed by atoms with Crippen molar-refractivity contribution in [1.29, 1.82) is 0 Å². The molecule has 126 valence electrons. The summed E-state index contributed by atoms with van der Waals surface area (Å²) in [5, 5.41) is 4.75. The monoisotopic (exact) mass is 373 g/mol. The summed E-state index contributed by atoms with van der Waals surface area (Å²) in [6.07, 6.45) is 2.85. The van der Waals surface area contributed by atoms with Crippen LogP contribution in [0.25, 0.3) is 5.65 Å². The van der Waals surface area contributed by atoms with Gasteiger partial charge in [-0.2, -0.15) is 5.10 Å². The van der Waals surface area contributed by atoms with Crippen LogP contribution in [-0.4, -0.2) is 21.6 Å². The van der Waals surface area contributed by atoms with Crippen molar-refractivity contribution >= 4 is 41.3 Å². The number of benzene rings is 1. The van der Waals surface area contributed by atoms with E-state index < -0.39 is 6.03 Å². The normalized spacial score (nSPS) is 11.1. The number of carbonyl (C=O) groups excluding carboxylic acids is 1. The average Bonchev–Trinajstić information content (AvgIpc) is 2.59. The topological polar surface area (TPSA) is 102 Å². The van der Waals surface area contributed by atoms with Crippen LogP contribution < -0.4 is 16.7 Å². The maximum absolute atomic E-state index is 12.7. The highest BCUT2D eigenvalue weighted by Crippen LogP contribution is 2.28. The van der Waals surface area contributed by atoms with Gasteiger partial charge in [0.25, 0.3) is 5.56 Å². The van der Waals surface area contributed by atoms with Gasteiger partial charge in [-0.3, -0.25) is 9.20 Å². The van der Waals surface area contributed by atoms with Gasteiger partial charge in [0, 0.05) is 16.1 Å². The standard InChI is InChI=1S/C16H12ClN5O2S/c17-10-4-6-11(7-5-10)25-14-12(9-19-21-16(18)24)15(23)22-8-2-1-3-13(22)20-14/h1-9H,(H3,18,21,24)/b19-9+. The number of hydrogen-bond acceptors (Lipinski definition) is 5. The summed E-state index contributed by atoms with van der Waals surface area (Å²) in [6.45, 7) is 0. The molecule has 0 saturated carbocycles. The van der Waals surface area contributed by atoms with Gasteiger partial charge in [0.2, 0.25) is 0 Å². The van der Waals surface area contributed by atoms with E-state index in [1.54, 1.807) is 36.5 Å². The number of carbonyl (C=O) groups is 1. The van der Waals surface area contributed by atoms with Crippen LogP contribution in [0, 0.1) is 0 Å². The summed E-state index contributed by atoms with van der Waals surface area (Å²) in [7, 11) is 0. The number of rotatable bonds is 4. The molecule has 7 nitrogen and oxygen atoms in total. The molecule has 25 heavy (non-hydrogen) atoms. The predicted molar refractivity (Wildman–Crippen MR) is 97.4 cm³/mol. The number of primary amides is 1. The number of nitrogens with one attached hydrogen (secondary N) is 1. The molecule has 1 aromatic carbocycles. The van der Waals surface area contributed by atoms with Gasteiger partial charge in [0.15, 0.2) is 0 Å². The number of hydrazone groups is 1. The van der Waals surface area contributed by atoms with Gasteiger partial charge in [-0.05, 0) is 36.4 Å². The Morgan fingerprint density at radius 3 is 2.76 bits per heavy atom. The Labute approximate surface area is 151 Å². The molecule has 2 aromatic heterocycles. The third kappa shape index (κ3) is 3.98. The fraction of sp³-hybridized carbons (Fsp3) is 0. The van der Waals surface area contributed by atoms with E-state index in [0.717, 1.165) is 4.90 Å². The number of urea groups is 1. The first-order valence-corrected chi connectivity index (χ1v) is 8.27. The first-order chi connectivity index (χ1) is 12.0. The van der Waals surface area contributed by atoms with Crippen LogP contribution >= 0.6 is 23.4 Å². The van der Waals surface area contributed by atoms with E-state index in [2.05, 4.69) is 15.5 Å². The van der Waals surface area contributed by atoms with Crippen molar-refractivity contribution in [1.82, 2.24) is 14.8 Å². The second-order valence-corrected chi connectivity index (χ2v) is 6.35. The van der Waals surface area contributed by atoms with E-state index in [-0.39, 0.29) is 11.1 Å². The Hall–Kier alpha value is -2.84. The highest BCUT2D eigenvalue weighted by Gasteiger charge is 2.12. The number of pyridine rings is 1. The smallest absolute Gasteiger partial charge is 0.332 e. The lowest BCUT2D eigenvalue weighted by Crippen LogP contribution is -2.26. The van der Waals surface area contributed by atoms with Gasteiger partial charge in [0.05, 0.1) is 11.8 Å². The minimum Gasteiger partial charge on any atom is -0.350 e. The molecule has 0 aliphatic rings. The van der Waals surface area contributed by atoms with Crippen molar-refractivity contribution < 1.29 is 4.79 Å². The van der Waals surface area contributed by atoms with Crippen LogP contribution in [0.2, 0.25) is 5.02 Å². The third-order valence-electron chi connectivity index (χ3n) is 3.13. The average molecular weight is 374 g/mol. The van der Waals surface area contributed by atoms with E-state index in [4.69, 9.17) is 17.3 Å². The molecule has 3 N–H and O–H groups in total. The van der Waals surface area contributed by atoms with Gasteiger partial charge in [-0.25, -0.2) is 15.2 Å². The molecule has 3 rings (SSSR count). The molecule has 0 radical (unpaired) electrons. The van der Waals surface area contributed by atoms with Crippen molar-refractivity contribution in [3.05, 3.63) is 69.6 Å². The van der Waals surface area contributed by atoms with E-state index in [1.165, 1.54) is 22.4 Å². The molecule has 2 amide bonds. The molecule has 3 aromatic rings. The SMILES string of the molecule is NC(=O)N/N=C/c1c(Sc2ccc(Cl)cc2)nc2ccccn2c1=O. The van der Waals surface area contributed by atoms with Crippen LogP contribution in [0.1, 0.15) is 5.56 Å². The van der Waals surface area contributed by atoms with Crippen LogP contribution in [0.3, 0.4) is 0 Å². The number of aromatic nitrogens is 2. The lowest BCUT2D eigenvalue weighted by Gasteiger charge is -2.07. The number of amides is 2. The van der Waals surface area contributed by atoms with Crippen molar-refractivity contribution in [3.63, 3.8) is 0 Å². The van der Waals surface area contributed by atoms with Crippen LogP contribution in [0.15, 0.2) is 68.5 Å². The molecule has 0 aliphatic heterocycles. The number of nitrogens with two attached hydrogens (primary N) is 1. The molecule has 0 saturated heterocycles. The highest BCUT2D eigenvalue weighted by atomic mass is 35.5. The quantitative estimate of drug-likeness (QED) is 0.416. The van der Waals surface area contributed by atoms with Crippen molar-refractivity contribution in [2.45, 2.75) is 9.92 Å². The fourth-order valence-electron chi connectivity index (χ4n) is 2.05. The molecule has 0 atom stereocenters. The number of fused-ring (bicyclic) bond motifs is 1. The highest BCUT2D eigenvalue weighted by molar-refractivity contribution is 7.99. The Balaban J connectivity index is 2.10. The largest absolute Gasteiger partial charge is 0.350 e. The Kier molecular flexibility index (Phi) is 5.01. The van der Waals surface area contributed by atoms with Crippen LogP contribution in [-0.2, 0) is 0 Å². The van der Waals surface area contributed by atoms with E-state index in [9.17, 15) is 9.59 Å². The molecule has 0 fully saturated rings. The number of nitrogens with zero attached hydrogens (tertiary/aromatic N) is 3. The minimum absolute atomic E-state index is 0.234. The third-order valence-corrected chi connectivity index (χ3v) is 4.40. The second-order valence-electron chi connectivity index (χ2n) is 4.85. The molecule has 0 spiro atoms. The second kappa shape index (κ2) is 7.37. The zero-order valence-corrected chi connectivity index (χ0v) is 14.3. The number of halogens is 1. The summed E-state index contributed by atoms with van der Waals surface area (Å²) in [4.78, 5) is 28.9. The lowest BCUT2D eigenvalue weighted by atomic mass is 10.3. The molecular formula is C16H12ClN5O2S. The first kappa shape index (κ1) is 17.0. The first-order valence-electron chi connectivity index (χ1n) is 7.08. The number of hydrogen-bond donors (Lipinski definition) is 2. The molecular weight excluding hydrogens is 362 g/mol. The molecule has 2 heterocycles. The van der Waals surface area contributed by atoms with Gasteiger partial charge >= 0.3 is 6.03 Å². The summed E-state index contributed by atoms with van der Waals surface area (Å²) < 4.78 is 1.40. The van der Waals surface area contributed by atoms with E-state index in [0.29, 0.717) is 15.7 Å². The summed E-state index contributed by atoms with van der Waals surface area (Å²) in [5.41, 5.74) is 7.48. The van der Waals surface area contributed by atoms with Crippen molar-refractivity contribution in [2.75, 3.05) is 0 Å². The van der Waals surface area contributed by atoms with Gasteiger partial charge in [-0.1, -0.05) is 29.4 Å². The van der Waals surface area contributed by atoms with Crippen LogP contribution in [0.4, 0.5) is 4.79 Å². The Bertz CT molecular complexity index is 1020. The van der Waals surface area contributed by atoms with E-state index >= 15 is 0 Å². The summed E-state index contributed by atoms with van der Waals surface area (Å²) >= 11 is 7.19. The van der Waals surface area contributed by atoms with Gasteiger partial charge in [-0.15, -0.1) is 0 Å². The predicted octanol–water partition coefficient (Wildman–Crippen LogP) is 2.50. The fourth-order valence-corrected chi connectivity index (χ4v) is 3.06. The maximum atomic E-state index is 12.7. The maximum Gasteiger partial charge on any atom is 0.332 e. The lowest BCUT2D eigenvalue weighted by molar-refractivity contribution is 0.249. The Morgan fingerprint density at radius 2 is 2.04 bits per heavy atom. The van der Waals surface area contributed by atoms with Crippen molar-refractivity contribution in [2.24, 2.45) is 10.8 Å². The zero-order chi connectivity index (χ0) is 17.8. The summed E-state index contributed by atoms with van der Waals surface area (Å²) in [5.74, 6) is 0. The molecule has 0 unspecified atom stereocenters. The minimum atomic E-state index is -0.822. The summed E-state index contributed by atoms with van der Waals surface area (Å²) in [6, 6.07) is 11.6. The van der Waals surface area contributed by atoms with Crippen LogP contribution in [0.5, 0.6) is 0 Å². The van der Waals surface area contributed by atoms with Crippen molar-refractivity contribution in [3.8, 4) is 0 Å².